The lowest BCUT2D eigenvalue weighted by molar-refractivity contribution is 0.183. The van der Waals surface area contributed by atoms with E-state index in [1.807, 2.05) is 23.9 Å². The average molecular weight is 476 g/mol. The minimum atomic E-state index is -0.555. The number of hydrogen-bond donors (Lipinski definition) is 2. The number of nitrogens with zero attached hydrogens (tertiary/aromatic N) is 2. The number of rotatable bonds is 4. The number of thiophene rings is 1. The Kier molecular flexibility index (Phi) is 9.46. The van der Waals surface area contributed by atoms with E-state index in [2.05, 4.69) is 22.1 Å². The minimum Gasteiger partial charge on any atom is -0.386 e. The summed E-state index contributed by atoms with van der Waals surface area (Å²) in [5.74, 6) is 2.00. The normalized spacial score (nSPS) is 20.5. The average Bonchev–Trinajstić information content (AvgIpc) is 2.94. The van der Waals surface area contributed by atoms with E-state index in [0.29, 0.717) is 16.1 Å². The molecule has 0 bridgehead atoms. The largest absolute Gasteiger partial charge is 0.386 e. The number of aliphatic hydroxyl groups is 1. The molecule has 0 aliphatic carbocycles. The molecule has 8 heteroatoms. The van der Waals surface area contributed by atoms with Crippen molar-refractivity contribution in [1.82, 2.24) is 10.2 Å². The first-order chi connectivity index (χ1) is 10.1. The van der Waals surface area contributed by atoms with Gasteiger partial charge in [-0.2, -0.15) is 11.8 Å². The number of thioether (sulfide) groups is 1. The van der Waals surface area contributed by atoms with Gasteiger partial charge < -0.3 is 15.3 Å². The molecule has 0 spiro atoms. The molecule has 4 nitrogen and oxygen atoms in total. The van der Waals surface area contributed by atoms with Crippen LogP contribution in [0.15, 0.2) is 17.1 Å². The van der Waals surface area contributed by atoms with E-state index in [-0.39, 0.29) is 24.0 Å². The summed E-state index contributed by atoms with van der Waals surface area (Å²) in [6, 6.07) is 3.68. The summed E-state index contributed by atoms with van der Waals surface area (Å²) in [6.45, 7) is 4.69. The van der Waals surface area contributed by atoms with E-state index < -0.39 is 6.10 Å². The Morgan fingerprint density at radius 2 is 2.36 bits per heavy atom. The molecule has 2 unspecified atom stereocenters. The Morgan fingerprint density at radius 3 is 2.95 bits per heavy atom. The lowest BCUT2D eigenvalue weighted by atomic mass is 10.3. The van der Waals surface area contributed by atoms with Crippen LogP contribution in [0.25, 0.3) is 0 Å². The van der Waals surface area contributed by atoms with Crippen molar-refractivity contribution >= 4 is 64.6 Å². The van der Waals surface area contributed by atoms with E-state index in [4.69, 9.17) is 11.6 Å². The molecule has 1 saturated heterocycles. The third-order valence-corrected chi connectivity index (χ3v) is 6.19. The molecule has 1 aliphatic heterocycles. The van der Waals surface area contributed by atoms with Crippen LogP contribution in [0.2, 0.25) is 4.34 Å². The van der Waals surface area contributed by atoms with Crippen molar-refractivity contribution in [3.8, 4) is 0 Å². The van der Waals surface area contributed by atoms with Crippen LogP contribution in [-0.2, 0) is 0 Å². The van der Waals surface area contributed by atoms with Crippen LogP contribution in [-0.4, -0.2) is 53.7 Å². The van der Waals surface area contributed by atoms with Crippen LogP contribution < -0.4 is 5.32 Å². The van der Waals surface area contributed by atoms with Crippen molar-refractivity contribution < 1.29 is 5.11 Å². The highest BCUT2D eigenvalue weighted by molar-refractivity contribution is 14.0. The van der Waals surface area contributed by atoms with Crippen molar-refractivity contribution in [3.63, 3.8) is 0 Å². The lowest BCUT2D eigenvalue weighted by Crippen LogP contribution is -2.48. The van der Waals surface area contributed by atoms with Crippen LogP contribution in [0.1, 0.15) is 24.3 Å². The summed E-state index contributed by atoms with van der Waals surface area (Å²) in [5.41, 5.74) is 0. The molecule has 1 aromatic heterocycles. The summed E-state index contributed by atoms with van der Waals surface area (Å²) in [5, 5.41) is 14.1. The zero-order valence-corrected chi connectivity index (χ0v) is 17.5. The summed E-state index contributed by atoms with van der Waals surface area (Å²) in [6.07, 6.45) is 0.620. The van der Waals surface area contributed by atoms with Crippen LogP contribution in [0.3, 0.4) is 0 Å². The molecule has 0 saturated carbocycles. The SMILES string of the molecule is CCC1CN(C(=NC)NCC(O)c2ccc(Cl)s2)CCS1.I. The fourth-order valence-corrected chi connectivity index (χ4v) is 4.51. The Balaban J connectivity index is 0.00000242. The minimum absolute atomic E-state index is 0. The van der Waals surface area contributed by atoms with Crippen molar-refractivity contribution in [2.24, 2.45) is 4.99 Å². The first kappa shape index (κ1) is 20.3. The topological polar surface area (TPSA) is 47.9 Å². The molecule has 0 aromatic carbocycles. The molecule has 126 valence electrons. The van der Waals surface area contributed by atoms with E-state index in [1.165, 1.54) is 17.8 Å². The molecule has 1 fully saturated rings. The van der Waals surface area contributed by atoms with Gasteiger partial charge in [0.2, 0.25) is 0 Å². The van der Waals surface area contributed by atoms with Crippen LogP contribution in [0.5, 0.6) is 0 Å². The first-order valence-electron chi connectivity index (χ1n) is 7.14. The van der Waals surface area contributed by atoms with Gasteiger partial charge in [0.25, 0.3) is 0 Å². The highest BCUT2D eigenvalue weighted by atomic mass is 127. The molecular formula is C14H23ClIN3OS2. The first-order valence-corrected chi connectivity index (χ1v) is 9.38. The van der Waals surface area contributed by atoms with Crippen molar-refractivity contribution in [1.29, 1.82) is 0 Å². The monoisotopic (exact) mass is 475 g/mol. The second kappa shape index (κ2) is 10.2. The highest BCUT2D eigenvalue weighted by Crippen LogP contribution is 2.26. The van der Waals surface area contributed by atoms with E-state index in [0.717, 1.165) is 29.7 Å². The molecular weight excluding hydrogens is 453 g/mol. The van der Waals surface area contributed by atoms with Gasteiger partial charge in [-0.1, -0.05) is 18.5 Å². The van der Waals surface area contributed by atoms with Gasteiger partial charge in [0.05, 0.1) is 4.34 Å². The number of halogens is 2. The van der Waals surface area contributed by atoms with Gasteiger partial charge in [0, 0.05) is 42.6 Å². The molecule has 2 atom stereocenters. The predicted molar refractivity (Wildman–Crippen MR) is 109 cm³/mol. The Morgan fingerprint density at radius 1 is 1.59 bits per heavy atom. The fraction of sp³-hybridized carbons (Fsp3) is 0.643. The van der Waals surface area contributed by atoms with Gasteiger partial charge >= 0.3 is 0 Å². The smallest absolute Gasteiger partial charge is 0.193 e. The zero-order valence-electron chi connectivity index (χ0n) is 12.8. The Bertz CT molecular complexity index is 486. The van der Waals surface area contributed by atoms with Gasteiger partial charge in [-0.15, -0.1) is 35.3 Å². The van der Waals surface area contributed by atoms with E-state index in [9.17, 15) is 5.11 Å². The molecule has 2 heterocycles. The molecule has 0 radical (unpaired) electrons. The molecule has 22 heavy (non-hydrogen) atoms. The maximum atomic E-state index is 10.2. The fourth-order valence-electron chi connectivity index (χ4n) is 2.29. The summed E-state index contributed by atoms with van der Waals surface area (Å²) in [4.78, 5) is 7.49. The second-order valence-corrected chi connectivity index (χ2v) is 8.09. The quantitative estimate of drug-likeness (QED) is 0.398. The molecule has 0 amide bonds. The van der Waals surface area contributed by atoms with Crippen molar-refractivity contribution in [2.45, 2.75) is 24.7 Å². The second-order valence-electron chi connectivity index (χ2n) is 4.93. The summed E-state index contributed by atoms with van der Waals surface area (Å²) < 4.78 is 0.701. The van der Waals surface area contributed by atoms with Gasteiger partial charge in [-0.25, -0.2) is 0 Å². The number of hydrogen-bond acceptors (Lipinski definition) is 4. The third kappa shape index (κ3) is 5.74. The zero-order chi connectivity index (χ0) is 15.2. The predicted octanol–water partition coefficient (Wildman–Crippen LogP) is 3.46. The molecule has 2 N–H and O–H groups in total. The highest BCUT2D eigenvalue weighted by Gasteiger charge is 2.22. The molecule has 2 rings (SSSR count). The van der Waals surface area contributed by atoms with E-state index in [1.54, 1.807) is 7.05 Å². The number of nitrogens with one attached hydrogen (secondary N) is 1. The lowest BCUT2D eigenvalue weighted by Gasteiger charge is -2.34. The van der Waals surface area contributed by atoms with Gasteiger partial charge in [0.15, 0.2) is 5.96 Å². The molecule has 1 aromatic rings. The maximum Gasteiger partial charge on any atom is 0.193 e. The molecule has 1 aliphatic rings. The van der Waals surface area contributed by atoms with Crippen LogP contribution in [0.4, 0.5) is 0 Å². The number of guanidine groups is 1. The number of aliphatic imine (C=N–C) groups is 1. The summed E-state index contributed by atoms with van der Waals surface area (Å²) in [7, 11) is 1.79. The third-order valence-electron chi connectivity index (χ3n) is 3.48. The van der Waals surface area contributed by atoms with Crippen molar-refractivity contribution in [2.75, 3.05) is 32.4 Å². The number of aliphatic hydroxyl groups excluding tert-OH is 1. The van der Waals surface area contributed by atoms with Gasteiger partial charge in [0.1, 0.15) is 6.10 Å². The Labute approximate surface area is 162 Å². The van der Waals surface area contributed by atoms with Gasteiger partial charge in [-0.3, -0.25) is 4.99 Å². The van der Waals surface area contributed by atoms with Crippen LogP contribution >= 0.6 is 58.7 Å². The van der Waals surface area contributed by atoms with Gasteiger partial charge in [-0.05, 0) is 18.6 Å². The Hall–Kier alpha value is 0.300. The van der Waals surface area contributed by atoms with E-state index >= 15 is 0 Å². The van der Waals surface area contributed by atoms with Crippen LogP contribution in [0, 0.1) is 0 Å². The summed E-state index contributed by atoms with van der Waals surface area (Å²) >= 11 is 9.35. The maximum absolute atomic E-state index is 10.2. The van der Waals surface area contributed by atoms with Crippen molar-refractivity contribution in [3.05, 3.63) is 21.3 Å². The standard InChI is InChI=1S/C14H22ClN3OS2.HI/c1-3-10-9-18(6-7-20-10)14(16-2)17-8-11(19)12-4-5-13(15)21-12;/h4-5,10-11,19H,3,6-9H2,1-2H3,(H,16,17);1H.